The SMILES string of the molecule is NC(=O)c1ccccc1NC(=O)C(=O)N(CCO)CCO. The Hall–Kier alpha value is -2.45. The fourth-order valence-corrected chi connectivity index (χ4v) is 1.68. The molecule has 0 aliphatic heterocycles. The number of hydrogen-bond acceptors (Lipinski definition) is 5. The zero-order valence-corrected chi connectivity index (χ0v) is 11.3. The van der Waals surface area contributed by atoms with E-state index in [1.165, 1.54) is 12.1 Å². The van der Waals surface area contributed by atoms with Crippen molar-refractivity contribution in [1.29, 1.82) is 0 Å². The third-order valence-electron chi connectivity index (χ3n) is 2.66. The summed E-state index contributed by atoms with van der Waals surface area (Å²) in [6.45, 7) is -0.831. The normalized spacial score (nSPS) is 10.0. The number of nitrogens with zero attached hydrogens (tertiary/aromatic N) is 1. The van der Waals surface area contributed by atoms with E-state index in [-0.39, 0.29) is 37.6 Å². The quantitative estimate of drug-likeness (QED) is 0.476. The molecule has 0 spiro atoms. The van der Waals surface area contributed by atoms with Gasteiger partial charge in [0.1, 0.15) is 0 Å². The zero-order valence-electron chi connectivity index (χ0n) is 11.3. The van der Waals surface area contributed by atoms with Gasteiger partial charge >= 0.3 is 11.8 Å². The fourth-order valence-electron chi connectivity index (χ4n) is 1.68. The number of carbonyl (C=O) groups is 3. The number of anilines is 1. The van der Waals surface area contributed by atoms with Crippen molar-refractivity contribution in [3.05, 3.63) is 29.8 Å². The molecule has 0 atom stereocenters. The highest BCUT2D eigenvalue weighted by molar-refractivity contribution is 6.39. The summed E-state index contributed by atoms with van der Waals surface area (Å²) in [7, 11) is 0. The average Bonchev–Trinajstić information content (AvgIpc) is 2.46. The third kappa shape index (κ3) is 4.55. The van der Waals surface area contributed by atoms with Crippen LogP contribution in [0.1, 0.15) is 10.4 Å². The topological polar surface area (TPSA) is 133 Å². The molecule has 0 unspecified atom stereocenters. The van der Waals surface area contributed by atoms with Crippen LogP contribution in [0.15, 0.2) is 24.3 Å². The molecule has 1 rings (SSSR count). The number of nitrogens with two attached hydrogens (primary N) is 1. The smallest absolute Gasteiger partial charge is 0.313 e. The molecule has 0 radical (unpaired) electrons. The molecule has 5 N–H and O–H groups in total. The largest absolute Gasteiger partial charge is 0.395 e. The lowest BCUT2D eigenvalue weighted by atomic mass is 10.1. The summed E-state index contributed by atoms with van der Waals surface area (Å²) in [6.07, 6.45) is 0. The number of primary amides is 1. The Morgan fingerprint density at radius 3 is 2.19 bits per heavy atom. The number of amides is 3. The number of hydrogen-bond donors (Lipinski definition) is 4. The number of aliphatic hydroxyl groups is 2. The first-order valence-electron chi connectivity index (χ1n) is 6.22. The molecule has 0 aliphatic rings. The summed E-state index contributed by atoms with van der Waals surface area (Å²) >= 11 is 0. The molecule has 8 nitrogen and oxygen atoms in total. The number of aliphatic hydroxyl groups excluding tert-OH is 2. The molecule has 0 heterocycles. The van der Waals surface area contributed by atoms with E-state index in [4.69, 9.17) is 15.9 Å². The van der Waals surface area contributed by atoms with Crippen LogP contribution in [0.4, 0.5) is 5.69 Å². The third-order valence-corrected chi connectivity index (χ3v) is 2.66. The summed E-state index contributed by atoms with van der Waals surface area (Å²) in [4.78, 5) is 36.0. The van der Waals surface area contributed by atoms with Crippen molar-refractivity contribution in [3.8, 4) is 0 Å². The van der Waals surface area contributed by atoms with E-state index in [9.17, 15) is 14.4 Å². The summed E-state index contributed by atoms with van der Waals surface area (Å²) in [5, 5.41) is 20.0. The Bertz CT molecular complexity index is 526. The first kappa shape index (κ1) is 16.6. The van der Waals surface area contributed by atoms with Crippen LogP contribution in [0, 0.1) is 0 Å². The van der Waals surface area contributed by atoms with Crippen molar-refractivity contribution in [2.45, 2.75) is 0 Å². The molecular weight excluding hydrogens is 278 g/mol. The van der Waals surface area contributed by atoms with Gasteiger partial charge in [-0.25, -0.2) is 0 Å². The second-order valence-electron chi connectivity index (χ2n) is 4.10. The second-order valence-corrected chi connectivity index (χ2v) is 4.10. The van der Waals surface area contributed by atoms with E-state index in [2.05, 4.69) is 5.32 Å². The van der Waals surface area contributed by atoms with Crippen LogP contribution >= 0.6 is 0 Å². The number of nitrogens with one attached hydrogen (secondary N) is 1. The minimum Gasteiger partial charge on any atom is -0.395 e. The first-order valence-corrected chi connectivity index (χ1v) is 6.22. The predicted octanol–water partition coefficient (Wildman–Crippen LogP) is -1.46. The molecule has 0 aromatic heterocycles. The number of para-hydroxylation sites is 1. The molecule has 21 heavy (non-hydrogen) atoms. The molecule has 8 heteroatoms. The van der Waals surface area contributed by atoms with E-state index in [0.717, 1.165) is 4.90 Å². The standard InChI is InChI=1S/C13H17N3O5/c14-11(19)9-3-1-2-4-10(9)15-12(20)13(21)16(5-7-17)6-8-18/h1-4,17-18H,5-8H2,(H2,14,19)(H,15,20). The minimum absolute atomic E-state index is 0.0783. The number of rotatable bonds is 6. The van der Waals surface area contributed by atoms with Gasteiger partial charge in [-0.05, 0) is 12.1 Å². The molecule has 1 aromatic rings. The van der Waals surface area contributed by atoms with Crippen molar-refractivity contribution in [1.82, 2.24) is 4.90 Å². The van der Waals surface area contributed by atoms with Crippen LogP contribution in [-0.4, -0.2) is 59.1 Å². The van der Waals surface area contributed by atoms with Gasteiger partial charge in [0, 0.05) is 13.1 Å². The van der Waals surface area contributed by atoms with Crippen molar-refractivity contribution in [3.63, 3.8) is 0 Å². The van der Waals surface area contributed by atoms with Crippen LogP contribution in [-0.2, 0) is 9.59 Å². The molecule has 0 fully saturated rings. The van der Waals surface area contributed by atoms with Crippen LogP contribution < -0.4 is 11.1 Å². The lowest BCUT2D eigenvalue weighted by Gasteiger charge is -2.20. The maximum Gasteiger partial charge on any atom is 0.313 e. The first-order chi connectivity index (χ1) is 10.0. The Balaban J connectivity index is 2.85. The van der Waals surface area contributed by atoms with Crippen LogP contribution in [0.5, 0.6) is 0 Å². The van der Waals surface area contributed by atoms with Crippen molar-refractivity contribution < 1.29 is 24.6 Å². The molecule has 114 valence electrons. The molecule has 3 amide bonds. The Morgan fingerprint density at radius 1 is 1.10 bits per heavy atom. The van der Waals surface area contributed by atoms with Gasteiger partial charge in [-0.1, -0.05) is 12.1 Å². The van der Waals surface area contributed by atoms with E-state index in [0.29, 0.717) is 0 Å². The second kappa shape index (κ2) is 7.98. The van der Waals surface area contributed by atoms with Crippen molar-refractivity contribution in [2.75, 3.05) is 31.6 Å². The van der Waals surface area contributed by atoms with E-state index >= 15 is 0 Å². The van der Waals surface area contributed by atoms with Gasteiger partial charge in [-0.15, -0.1) is 0 Å². The van der Waals surface area contributed by atoms with E-state index in [1.54, 1.807) is 12.1 Å². The number of benzene rings is 1. The summed E-state index contributed by atoms with van der Waals surface area (Å²) < 4.78 is 0. The number of carbonyl (C=O) groups excluding carboxylic acids is 3. The summed E-state index contributed by atoms with van der Waals surface area (Å²) in [5.74, 6) is -2.64. The van der Waals surface area contributed by atoms with Crippen molar-refractivity contribution in [2.24, 2.45) is 5.73 Å². The highest BCUT2D eigenvalue weighted by Crippen LogP contribution is 2.14. The van der Waals surface area contributed by atoms with Gasteiger partial charge in [0.25, 0.3) is 5.91 Å². The van der Waals surface area contributed by atoms with E-state index < -0.39 is 17.7 Å². The van der Waals surface area contributed by atoms with Gasteiger partial charge in [0.05, 0.1) is 24.5 Å². The lowest BCUT2D eigenvalue weighted by Crippen LogP contribution is -2.42. The van der Waals surface area contributed by atoms with Gasteiger partial charge in [-0.2, -0.15) is 0 Å². The maximum absolute atomic E-state index is 11.9. The minimum atomic E-state index is -0.981. The van der Waals surface area contributed by atoms with Crippen LogP contribution in [0.2, 0.25) is 0 Å². The van der Waals surface area contributed by atoms with Gasteiger partial charge in [-0.3, -0.25) is 14.4 Å². The molecular formula is C13H17N3O5. The molecule has 0 saturated carbocycles. The monoisotopic (exact) mass is 295 g/mol. The van der Waals surface area contributed by atoms with Crippen LogP contribution in [0.25, 0.3) is 0 Å². The van der Waals surface area contributed by atoms with Gasteiger partial charge in [0.2, 0.25) is 0 Å². The molecule has 1 aromatic carbocycles. The molecule has 0 bridgehead atoms. The Kier molecular flexibility index (Phi) is 6.31. The molecule has 0 aliphatic carbocycles. The summed E-state index contributed by atoms with van der Waals surface area (Å²) in [5.41, 5.74) is 5.37. The van der Waals surface area contributed by atoms with E-state index in [1.807, 2.05) is 0 Å². The zero-order chi connectivity index (χ0) is 15.8. The van der Waals surface area contributed by atoms with Crippen LogP contribution in [0.3, 0.4) is 0 Å². The molecule has 0 saturated heterocycles. The average molecular weight is 295 g/mol. The lowest BCUT2D eigenvalue weighted by molar-refractivity contribution is -0.143. The van der Waals surface area contributed by atoms with Gasteiger partial charge in [0.15, 0.2) is 0 Å². The fraction of sp³-hybridized carbons (Fsp3) is 0.308. The predicted molar refractivity (Wildman–Crippen MR) is 74.3 cm³/mol. The summed E-state index contributed by atoms with van der Waals surface area (Å²) in [6, 6.07) is 6.00. The van der Waals surface area contributed by atoms with Gasteiger partial charge < -0.3 is 26.2 Å². The Morgan fingerprint density at radius 2 is 1.67 bits per heavy atom. The highest BCUT2D eigenvalue weighted by Gasteiger charge is 2.22. The van der Waals surface area contributed by atoms with Crippen molar-refractivity contribution >= 4 is 23.4 Å². The Labute approximate surface area is 121 Å². The highest BCUT2D eigenvalue weighted by atomic mass is 16.3. The maximum atomic E-state index is 11.9.